The van der Waals surface area contributed by atoms with E-state index in [1.165, 1.54) is 44.6 Å². The SMILES string of the molecule is Cc1c(OCCC2CCC2)ccc(OCCC2CCC2)c1OC(F)(F)F. The first-order chi connectivity index (χ1) is 12.4. The summed E-state index contributed by atoms with van der Waals surface area (Å²) in [6, 6.07) is 3.20. The van der Waals surface area contributed by atoms with Crippen molar-refractivity contribution in [2.75, 3.05) is 13.2 Å². The molecule has 26 heavy (non-hydrogen) atoms. The largest absolute Gasteiger partial charge is 0.573 e. The molecule has 0 radical (unpaired) electrons. The summed E-state index contributed by atoms with van der Waals surface area (Å²) in [6.45, 7) is 2.50. The molecule has 0 atom stereocenters. The van der Waals surface area contributed by atoms with Crippen molar-refractivity contribution in [3.8, 4) is 17.2 Å². The van der Waals surface area contributed by atoms with E-state index in [4.69, 9.17) is 9.47 Å². The first-order valence-electron chi connectivity index (χ1n) is 9.57. The zero-order valence-electron chi connectivity index (χ0n) is 15.2. The fourth-order valence-electron chi connectivity index (χ4n) is 3.40. The summed E-state index contributed by atoms with van der Waals surface area (Å²) in [5.41, 5.74) is 0.331. The topological polar surface area (TPSA) is 27.7 Å². The molecular formula is C20H27F3O3. The van der Waals surface area contributed by atoms with Gasteiger partial charge in [0.25, 0.3) is 0 Å². The second kappa shape index (κ2) is 8.40. The van der Waals surface area contributed by atoms with E-state index in [0.717, 1.165) is 12.8 Å². The van der Waals surface area contributed by atoms with E-state index < -0.39 is 6.36 Å². The highest BCUT2D eigenvalue weighted by Crippen LogP contribution is 2.41. The van der Waals surface area contributed by atoms with Crippen molar-refractivity contribution < 1.29 is 27.4 Å². The molecule has 0 aliphatic heterocycles. The number of hydrogen-bond acceptors (Lipinski definition) is 3. The fourth-order valence-corrected chi connectivity index (χ4v) is 3.40. The van der Waals surface area contributed by atoms with Crippen molar-refractivity contribution >= 4 is 0 Å². The van der Waals surface area contributed by atoms with Crippen molar-refractivity contribution in [3.63, 3.8) is 0 Å². The van der Waals surface area contributed by atoms with Crippen LogP contribution in [0, 0.1) is 18.8 Å². The fraction of sp³-hybridized carbons (Fsp3) is 0.700. The Labute approximate surface area is 152 Å². The van der Waals surface area contributed by atoms with Gasteiger partial charge in [-0.05, 0) is 43.7 Å². The van der Waals surface area contributed by atoms with Gasteiger partial charge in [-0.1, -0.05) is 38.5 Å². The monoisotopic (exact) mass is 372 g/mol. The van der Waals surface area contributed by atoms with Gasteiger partial charge in [0.05, 0.1) is 13.2 Å². The molecule has 1 aromatic rings. The maximum Gasteiger partial charge on any atom is 0.573 e. The van der Waals surface area contributed by atoms with Gasteiger partial charge in [-0.15, -0.1) is 13.2 Å². The molecule has 0 N–H and O–H groups in total. The minimum atomic E-state index is -4.76. The predicted octanol–water partition coefficient (Wildman–Crippen LogP) is 6.03. The molecular weight excluding hydrogens is 345 g/mol. The van der Waals surface area contributed by atoms with Gasteiger partial charge in [0.2, 0.25) is 0 Å². The first-order valence-corrected chi connectivity index (χ1v) is 9.57. The Balaban J connectivity index is 1.64. The molecule has 1 aromatic carbocycles. The maximum atomic E-state index is 12.8. The lowest BCUT2D eigenvalue weighted by molar-refractivity contribution is -0.275. The minimum Gasteiger partial charge on any atom is -0.493 e. The second-order valence-corrected chi connectivity index (χ2v) is 7.43. The van der Waals surface area contributed by atoms with E-state index in [9.17, 15) is 13.2 Å². The summed E-state index contributed by atoms with van der Waals surface area (Å²) in [7, 11) is 0. The number of ether oxygens (including phenoxy) is 3. The van der Waals surface area contributed by atoms with Crippen molar-refractivity contribution in [1.82, 2.24) is 0 Å². The standard InChI is InChI=1S/C20H27F3O3/c1-14-17(24-12-10-15-4-2-5-15)8-9-18(19(14)26-20(21,22)23)25-13-11-16-6-3-7-16/h8-9,15-16H,2-7,10-13H2,1H3. The van der Waals surface area contributed by atoms with Gasteiger partial charge in [-0.25, -0.2) is 0 Å². The molecule has 2 aliphatic rings. The normalized spacial score (nSPS) is 18.2. The van der Waals surface area contributed by atoms with Crippen molar-refractivity contribution in [2.24, 2.45) is 11.8 Å². The number of hydrogen-bond donors (Lipinski definition) is 0. The average molecular weight is 372 g/mol. The molecule has 146 valence electrons. The highest BCUT2D eigenvalue weighted by Gasteiger charge is 2.34. The number of benzene rings is 1. The Bertz CT molecular complexity index is 593. The molecule has 0 bridgehead atoms. The zero-order chi connectivity index (χ0) is 18.6. The van der Waals surface area contributed by atoms with Gasteiger partial charge in [0.1, 0.15) is 5.75 Å². The van der Waals surface area contributed by atoms with Crippen LogP contribution in [0.15, 0.2) is 12.1 Å². The Morgan fingerprint density at radius 1 is 0.885 bits per heavy atom. The lowest BCUT2D eigenvalue weighted by Crippen LogP contribution is -2.20. The van der Waals surface area contributed by atoms with Gasteiger partial charge in [-0.2, -0.15) is 0 Å². The first kappa shape index (κ1) is 19.2. The molecule has 2 fully saturated rings. The van der Waals surface area contributed by atoms with Crippen LogP contribution in [0.2, 0.25) is 0 Å². The van der Waals surface area contributed by atoms with E-state index in [2.05, 4.69) is 4.74 Å². The summed E-state index contributed by atoms with van der Waals surface area (Å²) in [4.78, 5) is 0. The molecule has 2 aliphatic carbocycles. The van der Waals surface area contributed by atoms with Crippen LogP contribution >= 0.6 is 0 Å². The van der Waals surface area contributed by atoms with Crippen LogP contribution in [0.5, 0.6) is 17.2 Å². The molecule has 0 spiro atoms. The Hall–Kier alpha value is -1.59. The predicted molar refractivity (Wildman–Crippen MR) is 92.8 cm³/mol. The quantitative estimate of drug-likeness (QED) is 0.529. The molecule has 0 amide bonds. The second-order valence-electron chi connectivity index (χ2n) is 7.43. The molecule has 0 aromatic heterocycles. The Kier molecular flexibility index (Phi) is 6.20. The summed E-state index contributed by atoms with van der Waals surface area (Å²) in [6.07, 6.45) is 4.35. The lowest BCUT2D eigenvalue weighted by atomic mass is 9.83. The third kappa shape index (κ3) is 5.21. The van der Waals surface area contributed by atoms with E-state index in [0.29, 0.717) is 36.4 Å². The number of halogens is 3. The highest BCUT2D eigenvalue weighted by molar-refractivity contribution is 5.53. The number of alkyl halides is 3. The molecule has 3 rings (SSSR count). The van der Waals surface area contributed by atoms with E-state index in [-0.39, 0.29) is 11.5 Å². The minimum absolute atomic E-state index is 0.130. The van der Waals surface area contributed by atoms with Gasteiger partial charge >= 0.3 is 6.36 Å². The third-order valence-electron chi connectivity index (χ3n) is 5.55. The summed E-state index contributed by atoms with van der Waals surface area (Å²) >= 11 is 0. The third-order valence-corrected chi connectivity index (χ3v) is 5.55. The van der Waals surface area contributed by atoms with Crippen molar-refractivity contribution in [2.45, 2.75) is 64.7 Å². The van der Waals surface area contributed by atoms with E-state index in [1.54, 1.807) is 13.0 Å². The molecule has 0 saturated heterocycles. The van der Waals surface area contributed by atoms with Crippen LogP contribution in [0.4, 0.5) is 13.2 Å². The molecule has 6 heteroatoms. The van der Waals surface area contributed by atoms with Gasteiger partial charge < -0.3 is 14.2 Å². The van der Waals surface area contributed by atoms with Gasteiger partial charge in [-0.3, -0.25) is 0 Å². The summed E-state index contributed by atoms with van der Waals surface area (Å²) in [5.74, 6) is 1.60. The lowest BCUT2D eigenvalue weighted by Gasteiger charge is -2.26. The van der Waals surface area contributed by atoms with Crippen LogP contribution < -0.4 is 14.2 Å². The molecule has 2 saturated carbocycles. The Morgan fingerprint density at radius 2 is 1.38 bits per heavy atom. The summed E-state index contributed by atoms with van der Waals surface area (Å²) < 4.78 is 54.1. The van der Waals surface area contributed by atoms with Crippen LogP contribution in [-0.2, 0) is 0 Å². The average Bonchev–Trinajstić information content (AvgIpc) is 2.48. The highest BCUT2D eigenvalue weighted by atomic mass is 19.4. The maximum absolute atomic E-state index is 12.8. The van der Waals surface area contributed by atoms with E-state index in [1.807, 2.05) is 0 Å². The number of rotatable bonds is 9. The molecule has 0 heterocycles. The van der Waals surface area contributed by atoms with Crippen LogP contribution in [0.25, 0.3) is 0 Å². The zero-order valence-corrected chi connectivity index (χ0v) is 15.2. The van der Waals surface area contributed by atoms with Crippen molar-refractivity contribution in [1.29, 1.82) is 0 Å². The molecule has 3 nitrogen and oxygen atoms in total. The van der Waals surface area contributed by atoms with Gasteiger partial charge in [0, 0.05) is 5.56 Å². The molecule has 0 unspecified atom stereocenters. The summed E-state index contributed by atoms with van der Waals surface area (Å²) in [5, 5.41) is 0. The van der Waals surface area contributed by atoms with E-state index >= 15 is 0 Å². The van der Waals surface area contributed by atoms with Crippen LogP contribution in [-0.4, -0.2) is 19.6 Å². The van der Waals surface area contributed by atoms with Crippen LogP contribution in [0.1, 0.15) is 56.9 Å². The Morgan fingerprint density at radius 3 is 1.85 bits per heavy atom. The smallest absolute Gasteiger partial charge is 0.493 e. The van der Waals surface area contributed by atoms with Gasteiger partial charge in [0.15, 0.2) is 11.5 Å². The van der Waals surface area contributed by atoms with Crippen molar-refractivity contribution in [3.05, 3.63) is 17.7 Å². The van der Waals surface area contributed by atoms with Crippen LogP contribution in [0.3, 0.4) is 0 Å².